The van der Waals surface area contributed by atoms with Crippen molar-refractivity contribution in [2.75, 3.05) is 36.5 Å². The maximum absolute atomic E-state index is 13.7. The topological polar surface area (TPSA) is 96.3 Å². The van der Waals surface area contributed by atoms with E-state index in [1.165, 1.54) is 24.5 Å². The predicted molar refractivity (Wildman–Crippen MR) is 123 cm³/mol. The van der Waals surface area contributed by atoms with Gasteiger partial charge in [-0.15, -0.1) is 10.2 Å². The maximum atomic E-state index is 13.7. The van der Waals surface area contributed by atoms with E-state index in [9.17, 15) is 13.6 Å². The van der Waals surface area contributed by atoms with E-state index in [2.05, 4.69) is 20.5 Å². The van der Waals surface area contributed by atoms with Gasteiger partial charge >= 0.3 is 0 Å². The van der Waals surface area contributed by atoms with Gasteiger partial charge in [0, 0.05) is 42.9 Å². The lowest BCUT2D eigenvalue weighted by atomic mass is 9.99. The number of morpholine rings is 1. The molecule has 1 unspecified atom stereocenters. The van der Waals surface area contributed by atoms with Gasteiger partial charge in [0.05, 0.1) is 24.6 Å². The predicted octanol–water partition coefficient (Wildman–Crippen LogP) is 3.79. The number of halogens is 2. The molecule has 1 aliphatic heterocycles. The first-order valence-corrected chi connectivity index (χ1v) is 11.0. The Morgan fingerprint density at radius 1 is 1.12 bits per heavy atom. The summed E-state index contributed by atoms with van der Waals surface area (Å²) in [5, 5.41) is 11.4. The minimum Gasteiger partial charge on any atom is -0.440 e. The van der Waals surface area contributed by atoms with Crippen LogP contribution in [0.4, 0.5) is 20.4 Å². The third kappa shape index (κ3) is 4.62. The summed E-state index contributed by atoms with van der Waals surface area (Å²) in [6.45, 7) is 4.17. The molecule has 0 aliphatic carbocycles. The van der Waals surface area contributed by atoms with Crippen LogP contribution in [-0.4, -0.2) is 41.5 Å². The van der Waals surface area contributed by atoms with Crippen molar-refractivity contribution in [2.24, 2.45) is 0 Å². The number of ether oxygens (including phenoxy) is 1. The summed E-state index contributed by atoms with van der Waals surface area (Å²) in [5.74, 6) is -0.249. The molecule has 0 bridgehead atoms. The number of benzene rings is 2. The van der Waals surface area contributed by atoms with Gasteiger partial charge in [-0.25, -0.2) is 8.78 Å². The number of hydrogen-bond acceptors (Lipinski definition) is 7. The Balaban J connectivity index is 1.60. The first-order valence-electron chi connectivity index (χ1n) is 11.0. The van der Waals surface area contributed by atoms with Crippen LogP contribution >= 0.6 is 0 Å². The van der Waals surface area contributed by atoms with E-state index in [1.54, 1.807) is 6.07 Å². The summed E-state index contributed by atoms with van der Waals surface area (Å²) in [6.07, 6.45) is 1.91. The zero-order valence-electron chi connectivity index (χ0n) is 18.5. The molecule has 1 saturated heterocycles. The highest BCUT2D eigenvalue weighted by atomic mass is 19.1. The zero-order chi connectivity index (χ0) is 23.7. The Morgan fingerprint density at radius 3 is 2.59 bits per heavy atom. The smallest absolute Gasteiger partial charge is 0.200 e. The third-order valence-corrected chi connectivity index (χ3v) is 5.78. The van der Waals surface area contributed by atoms with Gasteiger partial charge in [-0.2, -0.15) is 0 Å². The van der Waals surface area contributed by atoms with Gasteiger partial charge < -0.3 is 24.4 Å². The second kappa shape index (κ2) is 9.22. The lowest BCUT2D eigenvalue weighted by molar-refractivity contribution is 0.121. The van der Waals surface area contributed by atoms with Gasteiger partial charge in [0.1, 0.15) is 29.4 Å². The lowest BCUT2D eigenvalue weighted by Gasteiger charge is -2.27. The number of nitrogens with one attached hydrogen (secondary N) is 2. The van der Waals surface area contributed by atoms with Gasteiger partial charge in [-0.3, -0.25) is 4.79 Å². The molecule has 176 valence electrons. The van der Waals surface area contributed by atoms with Crippen molar-refractivity contribution in [2.45, 2.75) is 19.4 Å². The number of anilines is 2. The Morgan fingerprint density at radius 2 is 1.88 bits per heavy atom. The molecule has 4 aromatic rings. The molecule has 2 aromatic heterocycles. The van der Waals surface area contributed by atoms with Crippen LogP contribution in [0.15, 0.2) is 51.9 Å². The Kier molecular flexibility index (Phi) is 5.97. The van der Waals surface area contributed by atoms with Gasteiger partial charge in [-0.05, 0) is 36.8 Å². The molecule has 2 N–H and O–H groups in total. The summed E-state index contributed by atoms with van der Waals surface area (Å²) >= 11 is 0. The maximum Gasteiger partial charge on any atom is 0.200 e. The van der Waals surface area contributed by atoms with E-state index >= 15 is 0 Å². The number of aromatic nitrogens is 3. The van der Waals surface area contributed by atoms with Crippen molar-refractivity contribution in [3.05, 3.63) is 81.5 Å². The van der Waals surface area contributed by atoms with Gasteiger partial charge in [0.25, 0.3) is 0 Å². The molecule has 0 spiro atoms. The van der Waals surface area contributed by atoms with E-state index in [1.807, 2.05) is 17.9 Å². The Hall–Kier alpha value is -3.79. The standard InChI is InChI=1S/C24H23F2N5O3/c1-14(29-18-10-16(25)9-17(26)11-18)19-6-15(8-22-27-13-28-30-22)7-20-21(32)12-23(34-24(19)20)31-2-4-33-5-3-31/h6-7,9-14,29H,2-5,8H2,1H3,(H,27,28,30). The van der Waals surface area contributed by atoms with Crippen LogP contribution in [0.1, 0.15) is 29.9 Å². The molecular weight excluding hydrogens is 444 g/mol. The van der Waals surface area contributed by atoms with Crippen molar-refractivity contribution in [1.82, 2.24) is 15.2 Å². The van der Waals surface area contributed by atoms with E-state index in [0.717, 1.165) is 11.6 Å². The normalized spacial score (nSPS) is 15.0. The van der Waals surface area contributed by atoms with Crippen LogP contribution in [0.25, 0.3) is 11.0 Å². The van der Waals surface area contributed by atoms with E-state index < -0.39 is 17.7 Å². The largest absolute Gasteiger partial charge is 0.440 e. The summed E-state index contributed by atoms with van der Waals surface area (Å²) in [7, 11) is 0. The van der Waals surface area contributed by atoms with Gasteiger partial charge in [0.15, 0.2) is 11.3 Å². The van der Waals surface area contributed by atoms with Gasteiger partial charge in [0.2, 0.25) is 0 Å². The fraction of sp³-hybridized carbons (Fsp3) is 0.292. The molecule has 5 rings (SSSR count). The Labute approximate surface area is 193 Å². The summed E-state index contributed by atoms with van der Waals surface area (Å²) in [5.41, 5.74) is 2.04. The molecule has 0 radical (unpaired) electrons. The highest BCUT2D eigenvalue weighted by Gasteiger charge is 2.20. The second-order valence-corrected chi connectivity index (χ2v) is 8.25. The van der Waals surface area contributed by atoms with Crippen molar-refractivity contribution in [3.63, 3.8) is 0 Å². The summed E-state index contributed by atoms with van der Waals surface area (Å²) in [6, 6.07) is 8.01. The molecule has 34 heavy (non-hydrogen) atoms. The SMILES string of the molecule is CC(Nc1cc(F)cc(F)c1)c1cc(Cc2nnc[nH]2)cc2c(=O)cc(N3CCOCC3)oc12. The monoisotopic (exact) mass is 467 g/mol. The van der Waals surface area contributed by atoms with Crippen LogP contribution in [0.3, 0.4) is 0 Å². The van der Waals surface area contributed by atoms with Crippen molar-refractivity contribution in [1.29, 1.82) is 0 Å². The van der Waals surface area contributed by atoms with E-state index in [4.69, 9.17) is 9.15 Å². The van der Waals surface area contributed by atoms with Crippen LogP contribution in [0.5, 0.6) is 0 Å². The highest BCUT2D eigenvalue weighted by Crippen LogP contribution is 2.31. The molecule has 3 heterocycles. The van der Waals surface area contributed by atoms with E-state index in [0.29, 0.717) is 61.0 Å². The fourth-order valence-corrected chi connectivity index (χ4v) is 4.17. The van der Waals surface area contributed by atoms with E-state index in [-0.39, 0.29) is 11.1 Å². The second-order valence-electron chi connectivity index (χ2n) is 8.25. The molecule has 2 aromatic carbocycles. The number of aromatic amines is 1. The summed E-state index contributed by atoms with van der Waals surface area (Å²) < 4.78 is 39.2. The van der Waals surface area contributed by atoms with Crippen molar-refractivity contribution < 1.29 is 17.9 Å². The first-order chi connectivity index (χ1) is 16.5. The lowest BCUT2D eigenvalue weighted by Crippen LogP contribution is -2.36. The number of H-pyrrole nitrogens is 1. The van der Waals surface area contributed by atoms with Crippen LogP contribution < -0.4 is 15.6 Å². The van der Waals surface area contributed by atoms with Crippen LogP contribution in [-0.2, 0) is 11.2 Å². The molecular formula is C24H23F2N5O3. The van der Waals surface area contributed by atoms with Crippen LogP contribution in [0.2, 0.25) is 0 Å². The number of nitrogens with zero attached hydrogens (tertiary/aromatic N) is 3. The molecule has 8 nitrogen and oxygen atoms in total. The molecule has 10 heteroatoms. The van der Waals surface area contributed by atoms with Gasteiger partial charge in [-0.1, -0.05) is 0 Å². The molecule has 1 aliphatic rings. The molecule has 0 amide bonds. The van der Waals surface area contributed by atoms with Crippen molar-refractivity contribution >= 4 is 22.5 Å². The highest BCUT2D eigenvalue weighted by molar-refractivity contribution is 5.83. The molecule has 1 fully saturated rings. The number of rotatable bonds is 6. The quantitative estimate of drug-likeness (QED) is 0.445. The number of hydrogen-bond donors (Lipinski definition) is 2. The minimum absolute atomic E-state index is 0.174. The average Bonchev–Trinajstić information content (AvgIpc) is 3.32. The Bertz CT molecular complexity index is 1350. The third-order valence-electron chi connectivity index (χ3n) is 5.78. The summed E-state index contributed by atoms with van der Waals surface area (Å²) in [4.78, 5) is 18.1. The molecule has 0 saturated carbocycles. The molecule has 1 atom stereocenters. The first kappa shape index (κ1) is 22.0. The fourth-order valence-electron chi connectivity index (χ4n) is 4.17. The average molecular weight is 467 g/mol. The minimum atomic E-state index is -0.681. The zero-order valence-corrected chi connectivity index (χ0v) is 18.5. The number of fused-ring (bicyclic) bond motifs is 1. The van der Waals surface area contributed by atoms with Crippen LogP contribution in [0, 0.1) is 11.6 Å². The van der Waals surface area contributed by atoms with Crippen molar-refractivity contribution in [3.8, 4) is 0 Å².